The second kappa shape index (κ2) is 20.7. The zero-order valence-electron chi connectivity index (χ0n) is 51.0. The van der Waals surface area contributed by atoms with E-state index in [9.17, 15) is 5.26 Å². The molecular formula is C81H68N4. The molecule has 0 unspecified atom stereocenters. The average Bonchev–Trinajstić information content (AvgIpc) is 1.84. The summed E-state index contributed by atoms with van der Waals surface area (Å²) in [7, 11) is 0. The smallest absolute Gasteiger partial charge is 0.195 e. The maximum atomic E-state index is 9.98. The molecule has 13 rings (SSSR count). The van der Waals surface area contributed by atoms with Crippen molar-refractivity contribution in [2.45, 2.75) is 90.0 Å². The van der Waals surface area contributed by atoms with Crippen LogP contribution in [0, 0.1) is 108 Å². The SMILES string of the molecule is [C-]#[N+]c1ccc(-n2c3ccc(-c4c(C)cc(C)cc4C)cc3c3cc(-c4c(C)cc(C)cc4C)ccc32)cc1-c1cc(-c2ccc(C#N)cc2C)ccc1-n1c2ccc(-c3c(C)cc(C)cc3C)cc2c2cc(-c3c(C)cc(C)cc3C)ccc21. The first-order valence-corrected chi connectivity index (χ1v) is 29.5. The second-order valence-electron chi connectivity index (χ2n) is 24.4. The molecule has 0 aliphatic heterocycles. The molecule has 4 heteroatoms. The summed E-state index contributed by atoms with van der Waals surface area (Å²) in [6.07, 6.45) is 0. The van der Waals surface area contributed by atoms with E-state index < -0.39 is 0 Å². The Kier molecular flexibility index (Phi) is 13.2. The fraction of sp³-hybridized carbons (Fsp3) is 0.160. The van der Waals surface area contributed by atoms with Crippen molar-refractivity contribution in [2.24, 2.45) is 0 Å². The van der Waals surface area contributed by atoms with Crippen molar-refractivity contribution in [2.75, 3.05) is 0 Å². The summed E-state index contributed by atoms with van der Waals surface area (Å²) < 4.78 is 4.84. The minimum absolute atomic E-state index is 0.556. The van der Waals surface area contributed by atoms with Gasteiger partial charge in [0.1, 0.15) is 0 Å². The van der Waals surface area contributed by atoms with Crippen LogP contribution in [0.15, 0.2) is 176 Å². The van der Waals surface area contributed by atoms with Crippen LogP contribution in [0.5, 0.6) is 0 Å². The van der Waals surface area contributed by atoms with Crippen molar-refractivity contribution in [3.63, 3.8) is 0 Å². The molecule has 11 aromatic carbocycles. The van der Waals surface area contributed by atoms with Crippen molar-refractivity contribution in [1.82, 2.24) is 9.13 Å². The molecule has 0 spiro atoms. The van der Waals surface area contributed by atoms with Crippen LogP contribution in [-0.2, 0) is 0 Å². The van der Waals surface area contributed by atoms with E-state index in [-0.39, 0.29) is 0 Å². The highest BCUT2D eigenvalue weighted by Gasteiger charge is 2.24. The predicted octanol–water partition coefficient (Wildman–Crippen LogP) is 22.3. The van der Waals surface area contributed by atoms with Gasteiger partial charge in [0.2, 0.25) is 0 Å². The molecule has 13 aromatic rings. The Bertz CT molecular complexity index is 4790. The van der Waals surface area contributed by atoms with E-state index in [0.29, 0.717) is 11.3 Å². The van der Waals surface area contributed by atoms with Gasteiger partial charge in [-0.15, -0.1) is 0 Å². The molecule has 2 heterocycles. The highest BCUT2D eigenvalue weighted by Crippen LogP contribution is 2.47. The lowest BCUT2D eigenvalue weighted by Gasteiger charge is -2.19. The second-order valence-corrected chi connectivity index (χ2v) is 24.4. The third-order valence-corrected chi connectivity index (χ3v) is 17.9. The lowest BCUT2D eigenvalue weighted by molar-refractivity contribution is 1.17. The summed E-state index contributed by atoms with van der Waals surface area (Å²) in [6, 6.07) is 67.7. The number of hydrogen-bond acceptors (Lipinski definition) is 1. The lowest BCUT2D eigenvalue weighted by atomic mass is 9.91. The van der Waals surface area contributed by atoms with Crippen LogP contribution < -0.4 is 0 Å². The largest absolute Gasteiger partial charge is 0.309 e. The third kappa shape index (κ3) is 9.13. The van der Waals surface area contributed by atoms with Crippen LogP contribution in [0.4, 0.5) is 5.69 Å². The maximum absolute atomic E-state index is 9.98. The minimum atomic E-state index is 0.556. The maximum Gasteiger partial charge on any atom is 0.195 e. The number of hydrogen-bond donors (Lipinski definition) is 0. The van der Waals surface area contributed by atoms with Gasteiger partial charge in [0.05, 0.1) is 46.0 Å². The van der Waals surface area contributed by atoms with E-state index in [1.165, 1.54) is 122 Å². The number of aromatic nitrogens is 2. The van der Waals surface area contributed by atoms with E-state index in [1.54, 1.807) is 0 Å². The van der Waals surface area contributed by atoms with Gasteiger partial charge in [-0.1, -0.05) is 113 Å². The van der Waals surface area contributed by atoms with E-state index in [2.05, 4.69) is 268 Å². The van der Waals surface area contributed by atoms with Gasteiger partial charge in [0, 0.05) is 27.2 Å². The first-order chi connectivity index (χ1) is 40.9. The summed E-state index contributed by atoms with van der Waals surface area (Å²) in [5, 5.41) is 14.6. The molecule has 4 nitrogen and oxygen atoms in total. The van der Waals surface area contributed by atoms with Crippen LogP contribution in [0.2, 0.25) is 0 Å². The number of nitrogens with zero attached hydrogens (tertiary/aromatic N) is 4. The van der Waals surface area contributed by atoms with Crippen molar-refractivity contribution in [3.8, 4) is 84.2 Å². The molecule has 412 valence electrons. The number of fused-ring (bicyclic) bond motifs is 6. The highest BCUT2D eigenvalue weighted by molar-refractivity contribution is 6.14. The van der Waals surface area contributed by atoms with Crippen molar-refractivity contribution in [3.05, 3.63) is 265 Å². The first kappa shape index (κ1) is 54.3. The topological polar surface area (TPSA) is 38.0 Å². The molecule has 0 bridgehead atoms. The number of nitriles is 1. The van der Waals surface area contributed by atoms with Gasteiger partial charge in [-0.2, -0.15) is 5.26 Å². The molecule has 0 saturated carbocycles. The Labute approximate surface area is 500 Å². The summed E-state index contributed by atoms with van der Waals surface area (Å²) >= 11 is 0. The normalized spacial score (nSPS) is 11.6. The molecule has 0 atom stereocenters. The minimum Gasteiger partial charge on any atom is -0.309 e. The fourth-order valence-electron chi connectivity index (χ4n) is 14.9. The van der Waals surface area contributed by atoms with Crippen molar-refractivity contribution >= 4 is 49.3 Å². The summed E-state index contributed by atoms with van der Waals surface area (Å²) in [5.74, 6) is 0. The van der Waals surface area contributed by atoms with E-state index in [0.717, 1.165) is 72.0 Å². The van der Waals surface area contributed by atoms with Gasteiger partial charge in [-0.3, -0.25) is 0 Å². The van der Waals surface area contributed by atoms with Gasteiger partial charge in [-0.25, -0.2) is 4.85 Å². The molecule has 0 saturated heterocycles. The van der Waals surface area contributed by atoms with Gasteiger partial charge in [0.15, 0.2) is 5.69 Å². The quantitative estimate of drug-likeness (QED) is 0.140. The van der Waals surface area contributed by atoms with E-state index >= 15 is 0 Å². The summed E-state index contributed by atoms with van der Waals surface area (Å²) in [5.41, 5.74) is 37.1. The summed E-state index contributed by atoms with van der Waals surface area (Å²) in [4.78, 5) is 4.35. The van der Waals surface area contributed by atoms with Crippen LogP contribution >= 0.6 is 0 Å². The summed E-state index contributed by atoms with van der Waals surface area (Å²) in [6.45, 7) is 37.5. The van der Waals surface area contributed by atoms with Crippen LogP contribution in [0.3, 0.4) is 0 Å². The Morgan fingerprint density at radius 1 is 0.318 bits per heavy atom. The van der Waals surface area contributed by atoms with E-state index in [4.69, 9.17) is 6.57 Å². The van der Waals surface area contributed by atoms with Crippen LogP contribution in [0.1, 0.15) is 77.9 Å². The van der Waals surface area contributed by atoms with E-state index in [1.807, 2.05) is 18.2 Å². The third-order valence-electron chi connectivity index (χ3n) is 17.9. The number of aryl methyl sites for hydroxylation is 13. The molecular weight excluding hydrogens is 1030 g/mol. The van der Waals surface area contributed by atoms with Crippen molar-refractivity contribution in [1.29, 1.82) is 5.26 Å². The lowest BCUT2D eigenvalue weighted by Crippen LogP contribution is -2.00. The molecule has 0 fully saturated rings. The van der Waals surface area contributed by atoms with Crippen LogP contribution in [0.25, 0.3) is 127 Å². The van der Waals surface area contributed by atoms with Gasteiger partial charge in [-0.05, 0) is 292 Å². The Morgan fingerprint density at radius 2 is 0.682 bits per heavy atom. The molecule has 0 aliphatic rings. The van der Waals surface area contributed by atoms with Gasteiger partial charge in [0.25, 0.3) is 0 Å². The molecule has 0 amide bonds. The monoisotopic (exact) mass is 1100 g/mol. The van der Waals surface area contributed by atoms with Gasteiger partial charge < -0.3 is 9.13 Å². The zero-order valence-corrected chi connectivity index (χ0v) is 51.0. The van der Waals surface area contributed by atoms with Crippen molar-refractivity contribution < 1.29 is 0 Å². The fourth-order valence-corrected chi connectivity index (χ4v) is 14.9. The molecule has 0 radical (unpaired) electrons. The molecule has 0 aliphatic carbocycles. The predicted molar refractivity (Wildman–Crippen MR) is 360 cm³/mol. The standard InChI is InChI=1S/C81H68N4/c1-45-29-50(6)78(51(7)30-45)60-17-25-73-68(39-60)69-40-61(79-52(8)31-46(2)32-53(79)9)18-26-74(69)84(73)64-21-23-72(83-14)66(43-64)67-38-59(65-22-15-58(44-82)37-49(65)5)16-24-75(67)85-76-27-19-62(80-54(10)33-47(3)34-55(80)11)41-70(76)71-42-63(20-28-77(71)85)81-56(12)35-48(4)36-57(81)13/h15-43H,1-13H3. The Hall–Kier alpha value is -10.0. The zero-order chi connectivity index (χ0) is 59.4. The Balaban J connectivity index is 1.10. The first-order valence-electron chi connectivity index (χ1n) is 29.5. The molecule has 0 N–H and O–H groups in total. The molecule has 2 aromatic heterocycles. The molecule has 85 heavy (non-hydrogen) atoms. The Morgan fingerprint density at radius 3 is 1.04 bits per heavy atom. The highest BCUT2D eigenvalue weighted by atomic mass is 15.0. The number of benzene rings is 11. The van der Waals surface area contributed by atoms with Crippen LogP contribution in [-0.4, -0.2) is 9.13 Å². The van der Waals surface area contributed by atoms with Gasteiger partial charge >= 0.3 is 0 Å². The number of rotatable bonds is 8. The average molecular weight is 1100 g/mol.